The maximum absolute atomic E-state index is 13.0. The number of aromatic nitrogens is 2. The summed E-state index contributed by atoms with van der Waals surface area (Å²) in [5.41, 5.74) is 0.246. The van der Waals surface area contributed by atoms with E-state index < -0.39 is 15.9 Å². The topological polar surface area (TPSA) is 111 Å². The maximum Gasteiger partial charge on any atom is 0.261 e. The molecule has 0 unspecified atom stereocenters. The first-order valence-electron chi connectivity index (χ1n) is 10.4. The minimum atomic E-state index is -3.69. The molecule has 0 saturated carbocycles. The van der Waals surface area contributed by atoms with Crippen molar-refractivity contribution in [3.63, 3.8) is 0 Å². The van der Waals surface area contributed by atoms with Crippen molar-refractivity contribution in [3.05, 3.63) is 58.1 Å². The van der Waals surface area contributed by atoms with Gasteiger partial charge in [-0.2, -0.15) is 4.31 Å². The molecule has 0 atom stereocenters. The summed E-state index contributed by atoms with van der Waals surface area (Å²) in [6.45, 7) is 0.634. The summed E-state index contributed by atoms with van der Waals surface area (Å²) in [7, 11) is -2.26. The average molecular weight is 491 g/mol. The SMILES string of the molecule is COc1ccc(S(=O)(=O)N2CCCCC2)cc1NC(=O)Cn1cnc2cc(Cl)ccc2c1=O. The van der Waals surface area contributed by atoms with E-state index in [0.717, 1.165) is 19.3 Å². The Labute approximate surface area is 196 Å². The summed E-state index contributed by atoms with van der Waals surface area (Å²) >= 11 is 5.94. The largest absolute Gasteiger partial charge is 0.495 e. The molecule has 1 aromatic heterocycles. The molecule has 4 rings (SSSR count). The Morgan fingerprint density at radius 3 is 2.64 bits per heavy atom. The second kappa shape index (κ2) is 9.50. The van der Waals surface area contributed by atoms with E-state index >= 15 is 0 Å². The Hall–Kier alpha value is -2.95. The standard InChI is InChI=1S/C22H23ClN4O5S/c1-32-20-8-6-16(33(30,31)27-9-3-2-4-10-27)12-19(20)25-21(28)13-26-14-24-18-11-15(23)5-7-17(18)22(26)29/h5-8,11-12,14H,2-4,9-10,13H2,1H3,(H,25,28). The van der Waals surface area contributed by atoms with Gasteiger partial charge in [0, 0.05) is 18.1 Å². The molecular weight excluding hydrogens is 468 g/mol. The predicted molar refractivity (Wildman–Crippen MR) is 125 cm³/mol. The Kier molecular flexibility index (Phi) is 6.68. The Balaban J connectivity index is 1.58. The molecule has 0 aliphatic carbocycles. The van der Waals surface area contributed by atoms with Crippen LogP contribution < -0.4 is 15.6 Å². The fourth-order valence-electron chi connectivity index (χ4n) is 3.79. The second-order valence-electron chi connectivity index (χ2n) is 7.71. The number of halogens is 1. The van der Waals surface area contributed by atoms with Crippen molar-refractivity contribution >= 4 is 44.1 Å². The predicted octanol–water partition coefficient (Wildman–Crippen LogP) is 2.87. The van der Waals surface area contributed by atoms with E-state index in [0.29, 0.717) is 34.8 Å². The van der Waals surface area contributed by atoms with Gasteiger partial charge in [0.25, 0.3) is 5.56 Å². The molecule has 1 fully saturated rings. The Morgan fingerprint density at radius 1 is 1.15 bits per heavy atom. The molecule has 174 valence electrons. The highest BCUT2D eigenvalue weighted by atomic mass is 35.5. The van der Waals surface area contributed by atoms with Gasteiger partial charge < -0.3 is 10.1 Å². The molecule has 3 aromatic rings. The van der Waals surface area contributed by atoms with Crippen molar-refractivity contribution in [2.75, 3.05) is 25.5 Å². The third-order valence-corrected chi connectivity index (χ3v) is 7.63. The minimum Gasteiger partial charge on any atom is -0.495 e. The number of benzene rings is 2. The first-order chi connectivity index (χ1) is 15.8. The lowest BCUT2D eigenvalue weighted by atomic mass is 10.2. The first-order valence-corrected chi connectivity index (χ1v) is 12.2. The van der Waals surface area contributed by atoms with Gasteiger partial charge in [-0.3, -0.25) is 14.2 Å². The number of nitrogens with zero attached hydrogens (tertiary/aromatic N) is 3. The van der Waals surface area contributed by atoms with E-state index in [-0.39, 0.29) is 22.7 Å². The molecule has 1 aliphatic rings. The molecule has 9 nitrogen and oxygen atoms in total. The molecule has 0 spiro atoms. The van der Waals surface area contributed by atoms with Crippen LogP contribution in [0.2, 0.25) is 5.02 Å². The molecule has 0 radical (unpaired) electrons. The van der Waals surface area contributed by atoms with Crippen LogP contribution in [0.25, 0.3) is 10.9 Å². The third-order valence-electron chi connectivity index (χ3n) is 5.50. The number of carbonyl (C=O) groups is 1. The highest BCUT2D eigenvalue weighted by molar-refractivity contribution is 7.89. The molecule has 0 bridgehead atoms. The number of rotatable bonds is 6. The minimum absolute atomic E-state index is 0.0712. The smallest absolute Gasteiger partial charge is 0.261 e. The molecule has 33 heavy (non-hydrogen) atoms. The zero-order chi connectivity index (χ0) is 23.6. The Morgan fingerprint density at radius 2 is 1.91 bits per heavy atom. The molecule has 1 amide bonds. The number of ether oxygens (including phenoxy) is 1. The molecule has 2 aromatic carbocycles. The summed E-state index contributed by atoms with van der Waals surface area (Å²) in [4.78, 5) is 29.7. The van der Waals surface area contributed by atoms with Gasteiger partial charge in [0.15, 0.2) is 0 Å². The molecule has 11 heteroatoms. The number of anilines is 1. The molecule has 1 aliphatic heterocycles. The lowest BCUT2D eigenvalue weighted by Gasteiger charge is -2.26. The van der Waals surface area contributed by atoms with Gasteiger partial charge in [0.2, 0.25) is 15.9 Å². The normalized spacial score (nSPS) is 14.8. The van der Waals surface area contributed by atoms with Gasteiger partial charge in [-0.1, -0.05) is 18.0 Å². The number of hydrogen-bond donors (Lipinski definition) is 1. The summed E-state index contributed by atoms with van der Waals surface area (Å²) in [6, 6.07) is 9.04. The highest BCUT2D eigenvalue weighted by Crippen LogP contribution is 2.30. The number of piperidine rings is 1. The summed E-state index contributed by atoms with van der Waals surface area (Å²) in [5.74, 6) is -0.224. The van der Waals surface area contributed by atoms with Gasteiger partial charge in [-0.05, 0) is 49.2 Å². The number of methoxy groups -OCH3 is 1. The van der Waals surface area contributed by atoms with E-state index in [2.05, 4.69) is 10.3 Å². The number of nitrogens with one attached hydrogen (secondary N) is 1. The van der Waals surface area contributed by atoms with Gasteiger partial charge in [-0.15, -0.1) is 0 Å². The van der Waals surface area contributed by atoms with E-state index in [1.54, 1.807) is 18.2 Å². The quantitative estimate of drug-likeness (QED) is 0.568. The summed E-state index contributed by atoms with van der Waals surface area (Å²) in [6.07, 6.45) is 3.92. The fourth-order valence-corrected chi connectivity index (χ4v) is 5.50. The Bertz CT molecular complexity index is 1370. The van der Waals surface area contributed by atoms with Crippen molar-refractivity contribution in [2.45, 2.75) is 30.7 Å². The molecule has 2 heterocycles. The van der Waals surface area contributed by atoms with Gasteiger partial charge >= 0.3 is 0 Å². The lowest BCUT2D eigenvalue weighted by Crippen LogP contribution is -2.35. The number of carbonyl (C=O) groups excluding carboxylic acids is 1. The van der Waals surface area contributed by atoms with Crippen LogP contribution in [-0.4, -0.2) is 48.4 Å². The van der Waals surface area contributed by atoms with Crippen molar-refractivity contribution in [3.8, 4) is 5.75 Å². The van der Waals surface area contributed by atoms with E-state index in [1.165, 1.54) is 40.5 Å². The van der Waals surface area contributed by atoms with Crippen molar-refractivity contribution in [2.24, 2.45) is 0 Å². The van der Waals surface area contributed by atoms with Gasteiger partial charge in [0.05, 0.1) is 34.9 Å². The van der Waals surface area contributed by atoms with Crippen molar-refractivity contribution < 1.29 is 17.9 Å². The summed E-state index contributed by atoms with van der Waals surface area (Å²) in [5, 5.41) is 3.44. The van der Waals surface area contributed by atoms with Crippen LogP contribution in [0.15, 0.2) is 52.4 Å². The van der Waals surface area contributed by atoms with E-state index in [4.69, 9.17) is 16.3 Å². The average Bonchev–Trinajstić information content (AvgIpc) is 2.81. The molecule has 1 N–H and O–H groups in total. The van der Waals surface area contributed by atoms with Crippen LogP contribution in [0.3, 0.4) is 0 Å². The van der Waals surface area contributed by atoms with Crippen LogP contribution >= 0.6 is 11.6 Å². The van der Waals surface area contributed by atoms with Gasteiger partial charge in [0.1, 0.15) is 12.3 Å². The van der Waals surface area contributed by atoms with Crippen LogP contribution in [0, 0.1) is 0 Å². The van der Waals surface area contributed by atoms with E-state index in [9.17, 15) is 18.0 Å². The zero-order valence-electron chi connectivity index (χ0n) is 18.0. The third kappa shape index (κ3) is 4.87. The van der Waals surface area contributed by atoms with Gasteiger partial charge in [-0.25, -0.2) is 13.4 Å². The highest BCUT2D eigenvalue weighted by Gasteiger charge is 2.27. The van der Waals surface area contributed by atoms with Crippen LogP contribution in [0.5, 0.6) is 5.75 Å². The van der Waals surface area contributed by atoms with Crippen molar-refractivity contribution in [1.29, 1.82) is 0 Å². The number of sulfonamides is 1. The van der Waals surface area contributed by atoms with Crippen LogP contribution in [-0.2, 0) is 21.4 Å². The van der Waals surface area contributed by atoms with E-state index in [1.807, 2.05) is 0 Å². The monoisotopic (exact) mass is 490 g/mol. The molecule has 1 saturated heterocycles. The number of amides is 1. The number of fused-ring (bicyclic) bond motifs is 1. The second-order valence-corrected chi connectivity index (χ2v) is 10.1. The maximum atomic E-state index is 13.0. The fraction of sp³-hybridized carbons (Fsp3) is 0.318. The zero-order valence-corrected chi connectivity index (χ0v) is 19.5. The van der Waals surface area contributed by atoms with Crippen LogP contribution in [0.1, 0.15) is 19.3 Å². The first kappa shape index (κ1) is 23.2. The lowest BCUT2D eigenvalue weighted by molar-refractivity contribution is -0.116. The van der Waals surface area contributed by atoms with Crippen molar-refractivity contribution in [1.82, 2.24) is 13.9 Å². The van der Waals surface area contributed by atoms with Crippen LogP contribution in [0.4, 0.5) is 5.69 Å². The summed E-state index contributed by atoms with van der Waals surface area (Å²) < 4.78 is 33.9. The number of hydrogen-bond acceptors (Lipinski definition) is 6. The molecular formula is C22H23ClN4O5S.